The third kappa shape index (κ3) is 8.32. The van der Waals surface area contributed by atoms with E-state index in [1.165, 1.54) is 0 Å². The van der Waals surface area contributed by atoms with Gasteiger partial charge in [-0.25, -0.2) is 0 Å². The molecular formula is C16H24Cl3N5O3. The van der Waals surface area contributed by atoms with Crippen LogP contribution in [0.5, 0.6) is 0 Å². The second kappa shape index (κ2) is 12.7. The SMILES string of the molecule is Cl.Cl.NCC(=O)NCC(=O)N1CCN(CC(=O)Nc2ccccc2Cl)CC1. The fourth-order valence-corrected chi connectivity index (χ4v) is 2.65. The van der Waals surface area contributed by atoms with Crippen molar-refractivity contribution in [3.63, 3.8) is 0 Å². The number of halogens is 3. The lowest BCUT2D eigenvalue weighted by molar-refractivity contribution is -0.134. The monoisotopic (exact) mass is 439 g/mol. The average molecular weight is 441 g/mol. The van der Waals surface area contributed by atoms with Gasteiger partial charge in [0.2, 0.25) is 17.7 Å². The Kier molecular flexibility index (Phi) is 12.0. The number of anilines is 1. The number of carbonyl (C=O) groups excluding carboxylic acids is 3. The molecule has 3 amide bonds. The minimum atomic E-state index is -0.358. The summed E-state index contributed by atoms with van der Waals surface area (Å²) in [6.45, 7) is 2.24. The third-order valence-electron chi connectivity index (χ3n) is 3.86. The van der Waals surface area contributed by atoms with Gasteiger partial charge < -0.3 is 21.3 Å². The summed E-state index contributed by atoms with van der Waals surface area (Å²) >= 11 is 6.02. The van der Waals surface area contributed by atoms with E-state index in [-0.39, 0.29) is 62.2 Å². The molecule has 0 radical (unpaired) electrons. The highest BCUT2D eigenvalue weighted by molar-refractivity contribution is 6.33. The highest BCUT2D eigenvalue weighted by Gasteiger charge is 2.22. The molecule has 1 aromatic rings. The van der Waals surface area contributed by atoms with E-state index >= 15 is 0 Å². The zero-order chi connectivity index (χ0) is 18.2. The molecule has 0 saturated carbocycles. The van der Waals surface area contributed by atoms with Gasteiger partial charge in [-0.2, -0.15) is 0 Å². The fourth-order valence-electron chi connectivity index (χ4n) is 2.47. The Labute approximate surface area is 175 Å². The molecule has 0 unspecified atom stereocenters. The number of benzene rings is 1. The van der Waals surface area contributed by atoms with Crippen LogP contribution in [0.2, 0.25) is 5.02 Å². The first-order valence-corrected chi connectivity index (χ1v) is 8.38. The molecule has 0 atom stereocenters. The first kappa shape index (κ1) is 25.4. The molecule has 1 saturated heterocycles. The Morgan fingerprint density at radius 3 is 2.26 bits per heavy atom. The standard InChI is InChI=1S/C16H22ClN5O3.2ClH/c17-12-3-1-2-4-13(12)20-15(24)11-21-5-7-22(8-6-21)16(25)10-19-14(23)9-18;;/h1-4H,5-11,18H2,(H,19,23)(H,20,24);2*1H. The zero-order valence-electron chi connectivity index (χ0n) is 14.7. The van der Waals surface area contributed by atoms with Gasteiger partial charge in [-0.15, -0.1) is 24.8 Å². The van der Waals surface area contributed by atoms with Crippen molar-refractivity contribution in [3.8, 4) is 0 Å². The molecule has 1 heterocycles. The number of amides is 3. The number of hydrogen-bond donors (Lipinski definition) is 3. The van der Waals surface area contributed by atoms with Crippen LogP contribution in [0.3, 0.4) is 0 Å². The van der Waals surface area contributed by atoms with Crippen molar-refractivity contribution in [2.24, 2.45) is 5.73 Å². The van der Waals surface area contributed by atoms with E-state index in [4.69, 9.17) is 17.3 Å². The van der Waals surface area contributed by atoms with Crippen LogP contribution in [0.15, 0.2) is 24.3 Å². The molecule has 8 nitrogen and oxygen atoms in total. The van der Waals surface area contributed by atoms with Crippen LogP contribution in [0, 0.1) is 0 Å². The van der Waals surface area contributed by atoms with Gasteiger partial charge in [-0.3, -0.25) is 19.3 Å². The number of carbonyl (C=O) groups is 3. The maximum atomic E-state index is 12.1. The van der Waals surface area contributed by atoms with Gasteiger partial charge in [0.1, 0.15) is 0 Å². The van der Waals surface area contributed by atoms with Crippen molar-refractivity contribution in [1.82, 2.24) is 15.1 Å². The van der Waals surface area contributed by atoms with Gasteiger partial charge in [0.25, 0.3) is 0 Å². The second-order valence-corrected chi connectivity index (χ2v) is 6.07. The largest absolute Gasteiger partial charge is 0.346 e. The number of nitrogens with one attached hydrogen (secondary N) is 2. The second-order valence-electron chi connectivity index (χ2n) is 5.67. The minimum Gasteiger partial charge on any atom is -0.346 e. The van der Waals surface area contributed by atoms with Crippen LogP contribution in [0.4, 0.5) is 5.69 Å². The van der Waals surface area contributed by atoms with Crippen LogP contribution in [0.1, 0.15) is 0 Å². The first-order valence-electron chi connectivity index (χ1n) is 8.01. The van der Waals surface area contributed by atoms with E-state index in [1.807, 2.05) is 4.90 Å². The van der Waals surface area contributed by atoms with Crippen LogP contribution in [-0.4, -0.2) is 73.3 Å². The molecule has 1 aliphatic rings. The highest BCUT2D eigenvalue weighted by atomic mass is 35.5. The molecular weight excluding hydrogens is 417 g/mol. The molecule has 11 heteroatoms. The van der Waals surface area contributed by atoms with Crippen LogP contribution < -0.4 is 16.4 Å². The van der Waals surface area contributed by atoms with Gasteiger partial charge in [-0.1, -0.05) is 23.7 Å². The Hall–Kier alpha value is -1.58. The highest BCUT2D eigenvalue weighted by Crippen LogP contribution is 2.20. The summed E-state index contributed by atoms with van der Waals surface area (Å²) in [5.74, 6) is -0.659. The van der Waals surface area contributed by atoms with Gasteiger partial charge in [0, 0.05) is 26.2 Å². The van der Waals surface area contributed by atoms with Crippen molar-refractivity contribution in [2.45, 2.75) is 0 Å². The van der Waals surface area contributed by atoms with Gasteiger partial charge in [-0.05, 0) is 12.1 Å². The summed E-state index contributed by atoms with van der Waals surface area (Å²) in [6, 6.07) is 7.05. The molecule has 0 spiro atoms. The summed E-state index contributed by atoms with van der Waals surface area (Å²) in [7, 11) is 0. The molecule has 0 aromatic heterocycles. The molecule has 1 fully saturated rings. The molecule has 4 N–H and O–H groups in total. The van der Waals surface area contributed by atoms with Crippen molar-refractivity contribution < 1.29 is 14.4 Å². The summed E-state index contributed by atoms with van der Waals surface area (Å²) in [5, 5.41) is 5.73. The maximum Gasteiger partial charge on any atom is 0.242 e. The zero-order valence-corrected chi connectivity index (χ0v) is 17.0. The van der Waals surface area contributed by atoms with Crippen molar-refractivity contribution >= 4 is 59.8 Å². The maximum absolute atomic E-state index is 12.1. The number of nitrogens with zero attached hydrogens (tertiary/aromatic N) is 2. The summed E-state index contributed by atoms with van der Waals surface area (Å²) in [4.78, 5) is 38.8. The number of rotatable bonds is 6. The lowest BCUT2D eigenvalue weighted by Gasteiger charge is -2.34. The van der Waals surface area contributed by atoms with Gasteiger partial charge in [0.15, 0.2) is 0 Å². The van der Waals surface area contributed by atoms with Crippen molar-refractivity contribution in [1.29, 1.82) is 0 Å². The van der Waals surface area contributed by atoms with Gasteiger partial charge >= 0.3 is 0 Å². The van der Waals surface area contributed by atoms with Crippen LogP contribution >= 0.6 is 36.4 Å². The summed E-state index contributed by atoms with van der Waals surface area (Å²) < 4.78 is 0. The van der Waals surface area contributed by atoms with Crippen molar-refractivity contribution in [2.75, 3.05) is 51.1 Å². The Balaban J connectivity index is 0.00000338. The summed E-state index contributed by atoms with van der Waals surface area (Å²) in [6.07, 6.45) is 0. The molecule has 27 heavy (non-hydrogen) atoms. The van der Waals surface area contributed by atoms with E-state index in [0.717, 1.165) is 0 Å². The van der Waals surface area contributed by atoms with Crippen LogP contribution in [0.25, 0.3) is 0 Å². The molecule has 152 valence electrons. The number of nitrogens with two attached hydrogens (primary N) is 1. The fraction of sp³-hybridized carbons (Fsp3) is 0.438. The molecule has 1 aliphatic heterocycles. The normalized spacial score (nSPS) is 13.8. The number of piperazine rings is 1. The number of hydrogen-bond acceptors (Lipinski definition) is 5. The van der Waals surface area contributed by atoms with Crippen molar-refractivity contribution in [3.05, 3.63) is 29.3 Å². The number of para-hydroxylation sites is 1. The lowest BCUT2D eigenvalue weighted by atomic mass is 10.3. The Morgan fingerprint density at radius 2 is 1.67 bits per heavy atom. The minimum absolute atomic E-state index is 0. The predicted molar refractivity (Wildman–Crippen MR) is 110 cm³/mol. The molecule has 1 aromatic carbocycles. The van der Waals surface area contributed by atoms with Crippen LogP contribution in [-0.2, 0) is 14.4 Å². The predicted octanol–water partition coefficient (Wildman–Crippen LogP) is 0.341. The molecule has 0 aliphatic carbocycles. The quantitative estimate of drug-likeness (QED) is 0.591. The Bertz CT molecular complexity index is 639. The topological polar surface area (TPSA) is 108 Å². The van der Waals surface area contributed by atoms with Gasteiger partial charge in [0.05, 0.1) is 30.3 Å². The molecule has 2 rings (SSSR count). The Morgan fingerprint density at radius 1 is 1.04 bits per heavy atom. The molecule has 0 bridgehead atoms. The van der Waals surface area contributed by atoms with E-state index in [2.05, 4.69) is 10.6 Å². The lowest BCUT2D eigenvalue weighted by Crippen LogP contribution is -2.52. The first-order chi connectivity index (χ1) is 12.0. The van der Waals surface area contributed by atoms with E-state index in [1.54, 1.807) is 29.2 Å². The van der Waals surface area contributed by atoms with E-state index in [0.29, 0.717) is 36.9 Å². The summed E-state index contributed by atoms with van der Waals surface area (Å²) in [5.41, 5.74) is 5.76. The third-order valence-corrected chi connectivity index (χ3v) is 4.19. The van der Waals surface area contributed by atoms with E-state index < -0.39 is 0 Å². The van der Waals surface area contributed by atoms with E-state index in [9.17, 15) is 14.4 Å². The average Bonchev–Trinajstić information content (AvgIpc) is 2.62. The smallest absolute Gasteiger partial charge is 0.242 e.